The summed E-state index contributed by atoms with van der Waals surface area (Å²) in [6.07, 6.45) is 1.09. The number of benzene rings is 1. The SMILES string of the molecule is NCC(=O)NCC(=O)NC(C=O)Cc1ccccc1. The Hall–Kier alpha value is -2.21. The number of amides is 2. The Balaban J connectivity index is 2.42. The first-order valence-electron chi connectivity index (χ1n) is 5.91. The number of carbonyl (C=O) groups excluding carboxylic acids is 3. The van der Waals surface area contributed by atoms with Gasteiger partial charge in [0.15, 0.2) is 0 Å². The third-order valence-corrected chi connectivity index (χ3v) is 2.44. The van der Waals surface area contributed by atoms with Crippen molar-refractivity contribution >= 4 is 18.1 Å². The predicted molar refractivity (Wildman–Crippen MR) is 70.2 cm³/mol. The van der Waals surface area contributed by atoms with E-state index in [1.54, 1.807) is 0 Å². The lowest BCUT2D eigenvalue weighted by Gasteiger charge is -2.13. The van der Waals surface area contributed by atoms with Crippen molar-refractivity contribution in [3.05, 3.63) is 35.9 Å². The minimum atomic E-state index is -0.607. The van der Waals surface area contributed by atoms with Gasteiger partial charge in [-0.1, -0.05) is 30.3 Å². The van der Waals surface area contributed by atoms with Gasteiger partial charge in [-0.2, -0.15) is 0 Å². The molecule has 0 heterocycles. The van der Waals surface area contributed by atoms with E-state index in [-0.39, 0.29) is 13.1 Å². The third-order valence-electron chi connectivity index (χ3n) is 2.44. The molecule has 102 valence electrons. The van der Waals surface area contributed by atoms with E-state index in [9.17, 15) is 14.4 Å². The normalized spacial score (nSPS) is 11.4. The van der Waals surface area contributed by atoms with Gasteiger partial charge in [-0.15, -0.1) is 0 Å². The summed E-state index contributed by atoms with van der Waals surface area (Å²) in [5.41, 5.74) is 6.04. The van der Waals surface area contributed by atoms with Crippen LogP contribution in [0.25, 0.3) is 0 Å². The average molecular weight is 263 g/mol. The Kier molecular flexibility index (Phi) is 6.25. The molecule has 0 radical (unpaired) electrons. The lowest BCUT2D eigenvalue weighted by atomic mass is 10.1. The van der Waals surface area contributed by atoms with Crippen molar-refractivity contribution in [1.29, 1.82) is 0 Å². The molecule has 1 aromatic carbocycles. The molecule has 1 rings (SSSR count). The lowest BCUT2D eigenvalue weighted by molar-refractivity contribution is -0.126. The van der Waals surface area contributed by atoms with Crippen molar-refractivity contribution in [3.63, 3.8) is 0 Å². The van der Waals surface area contributed by atoms with Gasteiger partial charge in [-0.25, -0.2) is 0 Å². The van der Waals surface area contributed by atoms with E-state index in [1.165, 1.54) is 0 Å². The summed E-state index contributed by atoms with van der Waals surface area (Å²) in [4.78, 5) is 33.3. The van der Waals surface area contributed by atoms with Gasteiger partial charge in [-0.05, 0) is 12.0 Å². The minimum Gasteiger partial charge on any atom is -0.346 e. The largest absolute Gasteiger partial charge is 0.346 e. The zero-order valence-corrected chi connectivity index (χ0v) is 10.5. The van der Waals surface area contributed by atoms with Gasteiger partial charge in [0.25, 0.3) is 0 Å². The first-order chi connectivity index (χ1) is 9.15. The second-order valence-corrected chi connectivity index (χ2v) is 3.98. The summed E-state index contributed by atoms with van der Waals surface area (Å²) >= 11 is 0. The molecule has 0 saturated heterocycles. The first-order valence-corrected chi connectivity index (χ1v) is 5.91. The van der Waals surface area contributed by atoms with Crippen molar-refractivity contribution in [2.75, 3.05) is 13.1 Å². The van der Waals surface area contributed by atoms with Crippen LogP contribution in [0.15, 0.2) is 30.3 Å². The summed E-state index contributed by atoms with van der Waals surface area (Å²) in [5, 5.41) is 4.87. The number of rotatable bonds is 7. The zero-order chi connectivity index (χ0) is 14.1. The van der Waals surface area contributed by atoms with Crippen LogP contribution >= 0.6 is 0 Å². The molecule has 2 amide bonds. The maximum Gasteiger partial charge on any atom is 0.239 e. The standard InChI is InChI=1S/C13H17N3O3/c14-7-12(18)15-8-13(19)16-11(9-17)6-10-4-2-1-3-5-10/h1-5,9,11H,6-8,14H2,(H,15,18)(H,16,19). The van der Waals surface area contributed by atoms with Gasteiger partial charge in [0.2, 0.25) is 11.8 Å². The Bertz CT molecular complexity index is 434. The molecule has 6 heteroatoms. The second-order valence-electron chi connectivity index (χ2n) is 3.98. The molecule has 1 unspecified atom stereocenters. The fourth-order valence-corrected chi connectivity index (χ4v) is 1.51. The van der Waals surface area contributed by atoms with E-state index in [0.29, 0.717) is 12.7 Å². The number of nitrogens with one attached hydrogen (secondary N) is 2. The van der Waals surface area contributed by atoms with Crippen LogP contribution in [0.4, 0.5) is 0 Å². The maximum absolute atomic E-state index is 11.5. The highest BCUT2D eigenvalue weighted by atomic mass is 16.2. The first kappa shape index (κ1) is 14.8. The molecule has 0 bridgehead atoms. The fourth-order valence-electron chi connectivity index (χ4n) is 1.51. The topological polar surface area (TPSA) is 101 Å². The van der Waals surface area contributed by atoms with Gasteiger partial charge in [0.1, 0.15) is 6.29 Å². The van der Waals surface area contributed by atoms with Gasteiger partial charge in [-0.3, -0.25) is 9.59 Å². The summed E-state index contributed by atoms with van der Waals surface area (Å²) in [7, 11) is 0. The molecule has 1 atom stereocenters. The predicted octanol–water partition coefficient (Wildman–Crippen LogP) is -1.01. The summed E-state index contributed by atoms with van der Waals surface area (Å²) < 4.78 is 0. The lowest BCUT2D eigenvalue weighted by Crippen LogP contribution is -2.44. The van der Waals surface area contributed by atoms with Gasteiger partial charge < -0.3 is 21.2 Å². The highest BCUT2D eigenvalue weighted by molar-refractivity contribution is 5.86. The molecule has 0 fully saturated rings. The quantitative estimate of drug-likeness (QED) is 0.548. The van der Waals surface area contributed by atoms with Crippen LogP contribution < -0.4 is 16.4 Å². The van der Waals surface area contributed by atoms with Gasteiger partial charge >= 0.3 is 0 Å². The van der Waals surface area contributed by atoms with Crippen molar-refractivity contribution in [3.8, 4) is 0 Å². The Labute approximate surface area is 111 Å². The van der Waals surface area contributed by atoms with Crippen molar-refractivity contribution in [2.45, 2.75) is 12.5 Å². The summed E-state index contributed by atoms with van der Waals surface area (Å²) in [6, 6.07) is 8.74. The van der Waals surface area contributed by atoms with Crippen LogP contribution in [-0.4, -0.2) is 37.2 Å². The smallest absolute Gasteiger partial charge is 0.239 e. The van der Waals surface area contributed by atoms with Crippen LogP contribution in [0, 0.1) is 0 Å². The molecule has 1 aromatic rings. The summed E-state index contributed by atoms with van der Waals surface area (Å²) in [5.74, 6) is -0.837. The Morgan fingerprint density at radius 2 is 1.89 bits per heavy atom. The molecule has 0 spiro atoms. The number of hydrogen-bond acceptors (Lipinski definition) is 4. The summed E-state index contributed by atoms with van der Waals surface area (Å²) in [6.45, 7) is -0.358. The van der Waals surface area contributed by atoms with Crippen LogP contribution in [0.2, 0.25) is 0 Å². The molecule has 6 nitrogen and oxygen atoms in total. The van der Waals surface area contributed by atoms with E-state index in [1.807, 2.05) is 30.3 Å². The molecule has 0 aliphatic rings. The number of carbonyl (C=O) groups is 3. The van der Waals surface area contributed by atoms with E-state index in [4.69, 9.17) is 5.73 Å². The Morgan fingerprint density at radius 3 is 2.47 bits per heavy atom. The molecule has 0 aliphatic heterocycles. The van der Waals surface area contributed by atoms with E-state index < -0.39 is 17.9 Å². The van der Waals surface area contributed by atoms with Gasteiger partial charge in [0.05, 0.1) is 19.1 Å². The average Bonchev–Trinajstić information content (AvgIpc) is 2.45. The van der Waals surface area contributed by atoms with E-state index >= 15 is 0 Å². The maximum atomic E-state index is 11.5. The molecule has 0 aliphatic carbocycles. The van der Waals surface area contributed by atoms with E-state index in [0.717, 1.165) is 5.56 Å². The molecule has 19 heavy (non-hydrogen) atoms. The van der Waals surface area contributed by atoms with Crippen molar-refractivity contribution < 1.29 is 14.4 Å². The molecular weight excluding hydrogens is 246 g/mol. The fraction of sp³-hybridized carbons (Fsp3) is 0.308. The van der Waals surface area contributed by atoms with Crippen LogP contribution in [0.5, 0.6) is 0 Å². The van der Waals surface area contributed by atoms with Crippen LogP contribution in [-0.2, 0) is 20.8 Å². The third kappa shape index (κ3) is 5.78. The highest BCUT2D eigenvalue weighted by Crippen LogP contribution is 2.01. The van der Waals surface area contributed by atoms with Crippen molar-refractivity contribution in [2.24, 2.45) is 5.73 Å². The molecular formula is C13H17N3O3. The molecule has 0 saturated carbocycles. The number of nitrogens with two attached hydrogens (primary N) is 1. The molecule has 4 N–H and O–H groups in total. The number of hydrogen-bond donors (Lipinski definition) is 3. The Morgan fingerprint density at radius 1 is 1.21 bits per heavy atom. The molecule has 0 aromatic heterocycles. The van der Waals surface area contributed by atoms with E-state index in [2.05, 4.69) is 10.6 Å². The highest BCUT2D eigenvalue weighted by Gasteiger charge is 2.12. The minimum absolute atomic E-state index is 0.172. The zero-order valence-electron chi connectivity index (χ0n) is 10.5. The number of aldehydes is 1. The second kappa shape index (κ2) is 7.99. The van der Waals surface area contributed by atoms with Gasteiger partial charge in [0, 0.05) is 0 Å². The monoisotopic (exact) mass is 263 g/mol. The van der Waals surface area contributed by atoms with Crippen molar-refractivity contribution in [1.82, 2.24) is 10.6 Å². The van der Waals surface area contributed by atoms with Crippen LogP contribution in [0.1, 0.15) is 5.56 Å². The van der Waals surface area contributed by atoms with Crippen LogP contribution in [0.3, 0.4) is 0 Å².